The molecule has 0 aromatic heterocycles. The second-order valence-electron chi connectivity index (χ2n) is 6.71. The van der Waals surface area contributed by atoms with Crippen LogP contribution in [0.1, 0.15) is 29.8 Å². The van der Waals surface area contributed by atoms with Gasteiger partial charge in [-0.15, -0.1) is 0 Å². The Morgan fingerprint density at radius 3 is 2.42 bits per heavy atom. The van der Waals surface area contributed by atoms with E-state index in [0.717, 1.165) is 5.01 Å². The Kier molecular flexibility index (Phi) is 10.1. The number of carbonyl (C=O) groups excluding carboxylic acids is 2. The lowest BCUT2D eigenvalue weighted by Crippen LogP contribution is -2.39. The number of hydrazine groups is 1. The Labute approximate surface area is 192 Å². The molecular formula is C22H27Cl2N5O2. The number of allylic oxidation sites excluding steroid dienone is 6. The van der Waals surface area contributed by atoms with Crippen molar-refractivity contribution < 1.29 is 9.59 Å². The quantitative estimate of drug-likeness (QED) is 0.190. The molecule has 1 aromatic carbocycles. The van der Waals surface area contributed by atoms with Gasteiger partial charge in [0.2, 0.25) is 0 Å². The Balaban J connectivity index is 3.38. The third-order valence-corrected chi connectivity index (χ3v) is 4.39. The lowest BCUT2D eigenvalue weighted by molar-refractivity contribution is -0.114. The van der Waals surface area contributed by atoms with Gasteiger partial charge in [0.25, 0.3) is 11.8 Å². The minimum absolute atomic E-state index is 0.0535. The molecule has 0 heterocycles. The molecule has 0 saturated carbocycles. The summed E-state index contributed by atoms with van der Waals surface area (Å²) in [5.74, 6) is 4.94. The van der Waals surface area contributed by atoms with Crippen molar-refractivity contribution in [3.63, 3.8) is 0 Å². The van der Waals surface area contributed by atoms with Crippen molar-refractivity contribution in [2.24, 2.45) is 11.6 Å². The second-order valence-corrected chi connectivity index (χ2v) is 7.56. The molecule has 0 aliphatic carbocycles. The topological polar surface area (TPSA) is 113 Å². The fourth-order valence-electron chi connectivity index (χ4n) is 2.47. The summed E-state index contributed by atoms with van der Waals surface area (Å²) in [5.41, 5.74) is 7.01. The molecule has 0 radical (unpaired) electrons. The molecule has 0 atom stereocenters. The molecule has 7 nitrogen and oxygen atoms in total. The summed E-state index contributed by atoms with van der Waals surface area (Å²) in [7, 11) is 0. The van der Waals surface area contributed by atoms with E-state index in [1.807, 2.05) is 13.8 Å². The zero-order valence-electron chi connectivity index (χ0n) is 17.7. The number of carbonyl (C=O) groups is 2. The van der Waals surface area contributed by atoms with E-state index in [2.05, 4.69) is 23.8 Å². The number of rotatable bonds is 9. The molecule has 31 heavy (non-hydrogen) atoms. The van der Waals surface area contributed by atoms with Gasteiger partial charge < -0.3 is 16.4 Å². The second kappa shape index (κ2) is 12.0. The van der Waals surface area contributed by atoms with E-state index >= 15 is 0 Å². The van der Waals surface area contributed by atoms with Gasteiger partial charge >= 0.3 is 0 Å². The molecule has 2 amide bonds. The standard InChI is InChI=1S/C22H27Cl2N5O2/c1-6-8-10-17(24)20(25)29(26)18(9-7-2)22(31)28-19-14(5)11-15(23)12-16(19)21(30)27-13(3)4/h6-13H,1-2,25-26H2,3-5H3,(H,27,30)(H,28,31)/b10-8-,18-9-,20-17-. The van der Waals surface area contributed by atoms with Crippen molar-refractivity contribution >= 4 is 40.7 Å². The summed E-state index contributed by atoms with van der Waals surface area (Å²) in [6.45, 7) is 12.5. The Morgan fingerprint density at radius 2 is 1.87 bits per heavy atom. The summed E-state index contributed by atoms with van der Waals surface area (Å²) in [6, 6.07) is 3.00. The number of nitrogens with two attached hydrogens (primary N) is 2. The van der Waals surface area contributed by atoms with Crippen LogP contribution < -0.4 is 22.2 Å². The maximum Gasteiger partial charge on any atom is 0.273 e. The summed E-state index contributed by atoms with van der Waals surface area (Å²) in [6.07, 6.45) is 7.29. The van der Waals surface area contributed by atoms with Gasteiger partial charge in [-0.1, -0.05) is 54.6 Å². The molecule has 1 rings (SSSR count). The third kappa shape index (κ3) is 7.32. The average Bonchev–Trinajstić information content (AvgIpc) is 2.70. The van der Waals surface area contributed by atoms with Crippen molar-refractivity contribution in [1.29, 1.82) is 0 Å². The van der Waals surface area contributed by atoms with Gasteiger partial charge in [0.15, 0.2) is 0 Å². The van der Waals surface area contributed by atoms with Crippen molar-refractivity contribution in [2.45, 2.75) is 26.8 Å². The van der Waals surface area contributed by atoms with Crippen LogP contribution in [0.4, 0.5) is 5.69 Å². The monoisotopic (exact) mass is 463 g/mol. The molecule has 6 N–H and O–H groups in total. The van der Waals surface area contributed by atoms with Crippen LogP contribution in [0.15, 0.2) is 72.2 Å². The summed E-state index contributed by atoms with van der Waals surface area (Å²) < 4.78 is 0. The summed E-state index contributed by atoms with van der Waals surface area (Å²) >= 11 is 12.2. The van der Waals surface area contributed by atoms with Crippen LogP contribution in [0.2, 0.25) is 5.02 Å². The van der Waals surface area contributed by atoms with Gasteiger partial charge in [0.05, 0.1) is 16.3 Å². The first-order valence-corrected chi connectivity index (χ1v) is 10.0. The molecule has 9 heteroatoms. The van der Waals surface area contributed by atoms with Crippen LogP contribution in [0.5, 0.6) is 0 Å². The molecule has 0 unspecified atom stereocenters. The van der Waals surface area contributed by atoms with Gasteiger partial charge in [-0.3, -0.25) is 14.6 Å². The van der Waals surface area contributed by atoms with Gasteiger partial charge in [0.1, 0.15) is 11.5 Å². The van der Waals surface area contributed by atoms with Crippen LogP contribution in [-0.4, -0.2) is 22.9 Å². The van der Waals surface area contributed by atoms with E-state index in [9.17, 15) is 9.59 Å². The highest BCUT2D eigenvalue weighted by Gasteiger charge is 2.22. The smallest absolute Gasteiger partial charge is 0.273 e. The number of anilines is 1. The Bertz CT molecular complexity index is 965. The molecule has 0 saturated heterocycles. The Morgan fingerprint density at radius 1 is 1.23 bits per heavy atom. The molecule has 1 aromatic rings. The van der Waals surface area contributed by atoms with Crippen molar-refractivity contribution in [2.75, 3.05) is 5.32 Å². The minimum Gasteiger partial charge on any atom is -0.383 e. The van der Waals surface area contributed by atoms with Gasteiger partial charge in [0, 0.05) is 11.1 Å². The number of benzene rings is 1. The van der Waals surface area contributed by atoms with Crippen molar-refractivity contribution in [1.82, 2.24) is 10.3 Å². The SMILES string of the molecule is C=C/C=C\C(Cl)=C(/N)N(N)/C(=C\C=C)C(=O)Nc1c(C)cc(Cl)cc1C(=O)NC(C)C. The van der Waals surface area contributed by atoms with E-state index in [-0.39, 0.29) is 39.8 Å². The van der Waals surface area contributed by atoms with E-state index in [0.29, 0.717) is 10.6 Å². The van der Waals surface area contributed by atoms with Crippen LogP contribution in [0.3, 0.4) is 0 Å². The number of halogens is 2. The number of amides is 2. The highest BCUT2D eigenvalue weighted by Crippen LogP contribution is 2.27. The number of aryl methyl sites for hydroxylation is 1. The third-order valence-electron chi connectivity index (χ3n) is 3.85. The average molecular weight is 464 g/mol. The highest BCUT2D eigenvalue weighted by molar-refractivity contribution is 6.32. The van der Waals surface area contributed by atoms with E-state index in [1.54, 1.807) is 19.1 Å². The van der Waals surface area contributed by atoms with Gasteiger partial charge in [-0.05, 0) is 50.6 Å². The van der Waals surface area contributed by atoms with Crippen LogP contribution in [-0.2, 0) is 4.79 Å². The zero-order valence-corrected chi connectivity index (χ0v) is 19.2. The molecular weight excluding hydrogens is 437 g/mol. The lowest BCUT2D eigenvalue weighted by atomic mass is 10.1. The van der Waals surface area contributed by atoms with E-state index in [4.69, 9.17) is 34.8 Å². The highest BCUT2D eigenvalue weighted by atomic mass is 35.5. The predicted octanol–water partition coefficient (Wildman–Crippen LogP) is 4.08. The summed E-state index contributed by atoms with van der Waals surface area (Å²) in [4.78, 5) is 25.7. The molecule has 0 aliphatic rings. The van der Waals surface area contributed by atoms with Crippen LogP contribution >= 0.6 is 23.2 Å². The molecule has 0 bridgehead atoms. The fraction of sp³-hybridized carbons (Fsp3) is 0.182. The van der Waals surface area contributed by atoms with Crippen LogP contribution in [0.25, 0.3) is 0 Å². The minimum atomic E-state index is -0.633. The molecule has 0 aliphatic heterocycles. The number of hydrogen-bond donors (Lipinski definition) is 4. The number of hydrogen-bond acceptors (Lipinski definition) is 5. The van der Waals surface area contributed by atoms with Gasteiger partial charge in [-0.25, -0.2) is 5.84 Å². The van der Waals surface area contributed by atoms with Crippen molar-refractivity contribution in [3.8, 4) is 0 Å². The number of nitrogens with zero attached hydrogens (tertiary/aromatic N) is 1. The first-order valence-electron chi connectivity index (χ1n) is 9.27. The van der Waals surface area contributed by atoms with E-state index < -0.39 is 5.91 Å². The van der Waals surface area contributed by atoms with Gasteiger partial charge in [-0.2, -0.15) is 0 Å². The largest absolute Gasteiger partial charge is 0.383 e. The fourth-order valence-corrected chi connectivity index (χ4v) is 2.90. The zero-order chi connectivity index (χ0) is 23.7. The van der Waals surface area contributed by atoms with Crippen LogP contribution in [0, 0.1) is 6.92 Å². The predicted molar refractivity (Wildman–Crippen MR) is 128 cm³/mol. The summed E-state index contributed by atoms with van der Waals surface area (Å²) in [5, 5.41) is 6.88. The Hall–Kier alpha value is -3.00. The first-order chi connectivity index (χ1) is 14.5. The van der Waals surface area contributed by atoms with E-state index in [1.165, 1.54) is 30.4 Å². The van der Waals surface area contributed by atoms with Crippen molar-refractivity contribution in [3.05, 3.63) is 88.4 Å². The first kappa shape index (κ1) is 26.0. The normalized spacial score (nSPS) is 12.4. The number of nitrogens with one attached hydrogen (secondary N) is 2. The molecule has 0 spiro atoms. The molecule has 0 fully saturated rings. The lowest BCUT2D eigenvalue weighted by Gasteiger charge is -2.23. The maximum atomic E-state index is 13.1. The maximum absolute atomic E-state index is 13.1. The molecule has 166 valence electrons.